The van der Waals surface area contributed by atoms with Crippen molar-refractivity contribution in [2.24, 2.45) is 0 Å². The van der Waals surface area contributed by atoms with Crippen LogP contribution in [-0.4, -0.2) is 29.9 Å². The van der Waals surface area contributed by atoms with Gasteiger partial charge in [0, 0.05) is 19.2 Å². The molecule has 2 N–H and O–H groups in total. The molecule has 0 fully saturated rings. The minimum Gasteiger partial charge on any atom is -0.375 e. The second kappa shape index (κ2) is 9.07. The Kier molecular flexibility index (Phi) is 6.29. The summed E-state index contributed by atoms with van der Waals surface area (Å²) in [6.07, 6.45) is -0.187. The van der Waals surface area contributed by atoms with Crippen molar-refractivity contribution in [1.82, 2.24) is 20.8 Å². The summed E-state index contributed by atoms with van der Waals surface area (Å²) in [5, 5.41) is 15.5. The number of hydrogen-bond donors (Lipinski definition) is 2. The van der Waals surface area contributed by atoms with Gasteiger partial charge in [-0.1, -0.05) is 72.0 Å². The van der Waals surface area contributed by atoms with Crippen LogP contribution in [0.25, 0.3) is 10.6 Å². The smallest absolute Gasteiger partial charge is 0.315 e. The van der Waals surface area contributed by atoms with Crippen LogP contribution in [0.5, 0.6) is 0 Å². The topological polar surface area (TPSA) is 76.1 Å². The quantitative estimate of drug-likeness (QED) is 0.670. The molecule has 1 aromatic heterocycles. The van der Waals surface area contributed by atoms with E-state index in [1.54, 1.807) is 7.11 Å². The SMILES string of the molecule is COC(CNC(=O)NCc1nnc(-c2ccccc2)s1)c1ccccc1. The zero-order chi connectivity index (χ0) is 18.2. The van der Waals surface area contributed by atoms with Crippen molar-refractivity contribution in [2.45, 2.75) is 12.6 Å². The van der Waals surface area contributed by atoms with Gasteiger partial charge < -0.3 is 15.4 Å². The minimum absolute atomic E-state index is 0.187. The van der Waals surface area contributed by atoms with Crippen LogP contribution >= 0.6 is 11.3 Å². The van der Waals surface area contributed by atoms with Crippen molar-refractivity contribution < 1.29 is 9.53 Å². The number of carbonyl (C=O) groups excluding carboxylic acids is 1. The van der Waals surface area contributed by atoms with Gasteiger partial charge in [-0.3, -0.25) is 0 Å². The second-order valence-corrected chi connectivity index (χ2v) is 6.63. The maximum atomic E-state index is 12.0. The molecule has 0 aliphatic carbocycles. The first-order valence-corrected chi connectivity index (χ1v) is 9.05. The molecule has 0 spiro atoms. The van der Waals surface area contributed by atoms with Gasteiger partial charge in [0.25, 0.3) is 0 Å². The highest BCUT2D eigenvalue weighted by Crippen LogP contribution is 2.22. The van der Waals surface area contributed by atoms with Crippen molar-refractivity contribution in [1.29, 1.82) is 0 Å². The lowest BCUT2D eigenvalue weighted by molar-refractivity contribution is 0.104. The fraction of sp³-hybridized carbons (Fsp3) is 0.211. The Bertz CT molecular complexity index is 824. The normalized spacial score (nSPS) is 11.7. The highest BCUT2D eigenvalue weighted by molar-refractivity contribution is 7.14. The van der Waals surface area contributed by atoms with Crippen LogP contribution in [0, 0.1) is 0 Å². The summed E-state index contributed by atoms with van der Waals surface area (Å²) in [7, 11) is 1.63. The number of aromatic nitrogens is 2. The van der Waals surface area contributed by atoms with Gasteiger partial charge in [0.1, 0.15) is 10.0 Å². The van der Waals surface area contributed by atoms with E-state index in [0.29, 0.717) is 13.1 Å². The van der Waals surface area contributed by atoms with Crippen LogP contribution < -0.4 is 10.6 Å². The number of nitrogens with one attached hydrogen (secondary N) is 2. The molecule has 26 heavy (non-hydrogen) atoms. The molecular weight excluding hydrogens is 348 g/mol. The van der Waals surface area contributed by atoms with Crippen LogP contribution in [0.2, 0.25) is 0 Å². The average molecular weight is 368 g/mol. The van der Waals surface area contributed by atoms with E-state index in [9.17, 15) is 4.79 Å². The molecule has 134 valence electrons. The zero-order valence-corrected chi connectivity index (χ0v) is 15.2. The molecule has 0 saturated heterocycles. The molecule has 1 heterocycles. The largest absolute Gasteiger partial charge is 0.375 e. The van der Waals surface area contributed by atoms with Crippen molar-refractivity contribution in [3.63, 3.8) is 0 Å². The highest BCUT2D eigenvalue weighted by Gasteiger charge is 2.12. The molecule has 6 nitrogen and oxygen atoms in total. The highest BCUT2D eigenvalue weighted by atomic mass is 32.1. The van der Waals surface area contributed by atoms with Gasteiger partial charge >= 0.3 is 6.03 Å². The van der Waals surface area contributed by atoms with E-state index < -0.39 is 0 Å². The van der Waals surface area contributed by atoms with Crippen molar-refractivity contribution >= 4 is 17.4 Å². The minimum atomic E-state index is -0.264. The summed E-state index contributed by atoms with van der Waals surface area (Å²) >= 11 is 1.46. The number of benzene rings is 2. The van der Waals surface area contributed by atoms with Crippen LogP contribution in [0.3, 0.4) is 0 Å². The first-order chi connectivity index (χ1) is 12.8. The predicted molar refractivity (Wildman–Crippen MR) is 102 cm³/mol. The van der Waals surface area contributed by atoms with E-state index in [-0.39, 0.29) is 12.1 Å². The molecule has 0 saturated carbocycles. The first kappa shape index (κ1) is 18.0. The standard InChI is InChI=1S/C19H20N4O2S/c1-25-16(14-8-4-2-5-9-14)12-20-19(24)21-13-17-22-23-18(26-17)15-10-6-3-7-11-15/h2-11,16H,12-13H2,1H3,(H2,20,21,24). The van der Waals surface area contributed by atoms with E-state index >= 15 is 0 Å². The number of nitrogens with zero attached hydrogens (tertiary/aromatic N) is 2. The van der Waals surface area contributed by atoms with Crippen LogP contribution in [0.15, 0.2) is 60.7 Å². The zero-order valence-electron chi connectivity index (χ0n) is 14.4. The summed E-state index contributed by atoms with van der Waals surface area (Å²) in [6.45, 7) is 0.719. The maximum absolute atomic E-state index is 12.0. The lowest BCUT2D eigenvalue weighted by atomic mass is 10.1. The van der Waals surface area contributed by atoms with E-state index in [1.807, 2.05) is 60.7 Å². The lowest BCUT2D eigenvalue weighted by Crippen LogP contribution is -2.37. The summed E-state index contributed by atoms with van der Waals surface area (Å²) in [5.74, 6) is 0. The summed E-state index contributed by atoms with van der Waals surface area (Å²) < 4.78 is 5.44. The molecular formula is C19H20N4O2S. The lowest BCUT2D eigenvalue weighted by Gasteiger charge is -2.16. The Balaban J connectivity index is 1.48. The van der Waals surface area contributed by atoms with Crippen LogP contribution in [0.1, 0.15) is 16.7 Å². The Hall–Kier alpha value is -2.77. The third kappa shape index (κ3) is 4.87. The molecule has 0 aliphatic heterocycles. The molecule has 0 aliphatic rings. The Labute approximate surface area is 156 Å². The van der Waals surface area contributed by atoms with Gasteiger partial charge in [-0.15, -0.1) is 10.2 Å². The number of rotatable bonds is 7. The fourth-order valence-corrected chi connectivity index (χ4v) is 3.22. The third-order valence-electron chi connectivity index (χ3n) is 3.79. The second-order valence-electron chi connectivity index (χ2n) is 5.57. The van der Waals surface area contributed by atoms with Crippen molar-refractivity contribution in [3.05, 3.63) is 71.2 Å². The molecule has 0 bridgehead atoms. The van der Waals surface area contributed by atoms with Gasteiger partial charge in [-0.2, -0.15) is 0 Å². The summed E-state index contributed by atoms with van der Waals surface area (Å²) in [5.41, 5.74) is 2.04. The number of ether oxygens (including phenoxy) is 1. The van der Waals surface area contributed by atoms with Gasteiger partial charge in [0.15, 0.2) is 0 Å². The molecule has 3 aromatic rings. The summed E-state index contributed by atoms with van der Waals surface area (Å²) in [4.78, 5) is 12.0. The molecule has 1 atom stereocenters. The van der Waals surface area contributed by atoms with Crippen LogP contribution in [-0.2, 0) is 11.3 Å². The molecule has 1 unspecified atom stereocenters. The fourth-order valence-electron chi connectivity index (χ4n) is 2.43. The van der Waals surface area contributed by atoms with E-state index in [1.165, 1.54) is 11.3 Å². The van der Waals surface area contributed by atoms with Crippen molar-refractivity contribution in [3.8, 4) is 10.6 Å². The van der Waals surface area contributed by atoms with E-state index in [0.717, 1.165) is 21.1 Å². The third-order valence-corrected chi connectivity index (χ3v) is 4.76. The number of carbonyl (C=O) groups is 1. The average Bonchev–Trinajstić information content (AvgIpc) is 3.17. The first-order valence-electron chi connectivity index (χ1n) is 8.23. The number of methoxy groups -OCH3 is 1. The van der Waals surface area contributed by atoms with Crippen molar-refractivity contribution in [2.75, 3.05) is 13.7 Å². The Morgan fingerprint density at radius 1 is 1.04 bits per heavy atom. The number of urea groups is 1. The predicted octanol–water partition coefficient (Wildman–Crippen LogP) is 3.39. The molecule has 0 radical (unpaired) electrons. The molecule has 7 heteroatoms. The summed E-state index contributed by atoms with van der Waals surface area (Å²) in [6, 6.07) is 19.4. The van der Waals surface area contributed by atoms with Gasteiger partial charge in [0.2, 0.25) is 0 Å². The number of hydrogen-bond acceptors (Lipinski definition) is 5. The Morgan fingerprint density at radius 2 is 1.73 bits per heavy atom. The number of amides is 2. The Morgan fingerprint density at radius 3 is 2.42 bits per heavy atom. The molecule has 3 rings (SSSR count). The van der Waals surface area contributed by atoms with E-state index in [2.05, 4.69) is 20.8 Å². The van der Waals surface area contributed by atoms with Crippen LogP contribution in [0.4, 0.5) is 4.79 Å². The monoisotopic (exact) mass is 368 g/mol. The van der Waals surface area contributed by atoms with Gasteiger partial charge in [-0.05, 0) is 5.56 Å². The molecule has 2 amide bonds. The van der Waals surface area contributed by atoms with Gasteiger partial charge in [0.05, 0.1) is 12.6 Å². The van der Waals surface area contributed by atoms with E-state index in [4.69, 9.17) is 4.74 Å². The molecule has 2 aromatic carbocycles. The van der Waals surface area contributed by atoms with Gasteiger partial charge in [-0.25, -0.2) is 4.79 Å². The maximum Gasteiger partial charge on any atom is 0.315 e.